The van der Waals surface area contributed by atoms with E-state index in [9.17, 15) is 19.5 Å². The van der Waals surface area contributed by atoms with Gasteiger partial charge in [0.1, 0.15) is 11.6 Å². The largest absolute Gasteiger partial charge is 0.485 e. The van der Waals surface area contributed by atoms with Crippen LogP contribution in [-0.4, -0.2) is 46.6 Å². The van der Waals surface area contributed by atoms with Crippen molar-refractivity contribution in [1.29, 1.82) is 0 Å². The first-order chi connectivity index (χ1) is 19.0. The molecule has 8 heteroatoms. The quantitative estimate of drug-likeness (QED) is 0.452. The second-order valence-electron chi connectivity index (χ2n) is 13.3. The second kappa shape index (κ2) is 9.58. The Morgan fingerprint density at radius 2 is 1.76 bits per heavy atom. The molecule has 2 fully saturated rings. The number of Topliss-reactive ketones (excluding diaryl/α,β-unsaturated/α-hetero) is 1. The average molecular weight is 571 g/mol. The fraction of sp³-hybridized carbons (Fsp3) is 0.606. The van der Waals surface area contributed by atoms with E-state index in [1.807, 2.05) is 32.9 Å². The van der Waals surface area contributed by atoms with E-state index in [1.54, 1.807) is 20.8 Å². The van der Waals surface area contributed by atoms with E-state index in [1.165, 1.54) is 19.1 Å². The lowest BCUT2D eigenvalue weighted by Crippen LogP contribution is -2.70. The maximum absolute atomic E-state index is 17.5. The lowest BCUT2D eigenvalue weighted by molar-refractivity contribution is -0.225. The number of ether oxygens (including phenoxy) is 2. The highest BCUT2D eigenvalue weighted by atomic mass is 19.1. The van der Waals surface area contributed by atoms with Crippen molar-refractivity contribution in [2.75, 3.05) is 6.61 Å². The second-order valence-corrected chi connectivity index (χ2v) is 13.3. The van der Waals surface area contributed by atoms with Crippen LogP contribution in [0.2, 0.25) is 0 Å². The van der Waals surface area contributed by atoms with Gasteiger partial charge in [-0.2, -0.15) is 0 Å². The van der Waals surface area contributed by atoms with Crippen molar-refractivity contribution in [2.24, 2.45) is 28.6 Å². The standard InChI is InChI=1S/C33H40F2O6/c1-17-10-18(2)29(19(3)11-17)40-16-28(39)33(41-21(5)36)20(4)12-23-24-14-26(34)25-13-22(37)8-9-30(25,6)32(24,35)27(38)15-31(23,33)7/h8-11,20,23-24,27,38H,12-16H2,1-7H3/t20-,23?,24?,27-,30-,31-,32-,33-/m0/s1. The van der Waals surface area contributed by atoms with Crippen molar-refractivity contribution in [1.82, 2.24) is 0 Å². The first-order valence-corrected chi connectivity index (χ1v) is 14.4. The minimum absolute atomic E-state index is 0.0806. The normalized spacial score (nSPS) is 39.6. The Morgan fingerprint density at radius 1 is 1.12 bits per heavy atom. The number of halogens is 2. The van der Waals surface area contributed by atoms with Gasteiger partial charge in [-0.15, -0.1) is 0 Å². The fourth-order valence-electron chi connectivity index (χ4n) is 9.23. The van der Waals surface area contributed by atoms with Gasteiger partial charge in [-0.25, -0.2) is 8.78 Å². The number of hydrogen-bond donors (Lipinski definition) is 1. The Morgan fingerprint density at radius 3 is 2.37 bits per heavy atom. The number of alkyl halides is 1. The average Bonchev–Trinajstić information content (AvgIpc) is 3.08. The Balaban J connectivity index is 1.57. The van der Waals surface area contributed by atoms with E-state index < -0.39 is 63.5 Å². The minimum Gasteiger partial charge on any atom is -0.485 e. The summed E-state index contributed by atoms with van der Waals surface area (Å²) in [6, 6.07) is 3.91. The number of benzene rings is 1. The molecule has 2 unspecified atom stereocenters. The van der Waals surface area contributed by atoms with Crippen LogP contribution in [0.4, 0.5) is 8.78 Å². The summed E-state index contributed by atoms with van der Waals surface area (Å²) in [5.74, 6) is -3.55. The third-order valence-electron chi connectivity index (χ3n) is 10.9. The molecule has 0 bridgehead atoms. The van der Waals surface area contributed by atoms with Crippen LogP contribution < -0.4 is 4.74 Å². The number of fused-ring (bicyclic) bond motifs is 5. The summed E-state index contributed by atoms with van der Waals surface area (Å²) in [4.78, 5) is 39.0. The molecule has 0 radical (unpaired) electrons. The smallest absolute Gasteiger partial charge is 0.303 e. The van der Waals surface area contributed by atoms with Crippen molar-refractivity contribution in [3.63, 3.8) is 0 Å². The molecule has 1 aromatic rings. The predicted molar refractivity (Wildman–Crippen MR) is 149 cm³/mol. The molecular weight excluding hydrogens is 530 g/mol. The number of allylic oxidation sites excluding steroid dienone is 4. The first kappa shape index (κ1) is 29.6. The molecule has 1 aromatic carbocycles. The van der Waals surface area contributed by atoms with Crippen LogP contribution in [-0.2, 0) is 19.1 Å². The molecule has 2 saturated carbocycles. The van der Waals surface area contributed by atoms with E-state index in [0.29, 0.717) is 12.2 Å². The number of aryl methyl sites for hydroxylation is 3. The zero-order chi connectivity index (χ0) is 30.3. The Bertz CT molecular complexity index is 1370. The van der Waals surface area contributed by atoms with Crippen LogP contribution in [0.15, 0.2) is 35.7 Å². The molecule has 0 aromatic heterocycles. The molecule has 6 nitrogen and oxygen atoms in total. The van der Waals surface area contributed by atoms with Gasteiger partial charge in [0.25, 0.3) is 0 Å². The predicted octanol–water partition coefficient (Wildman–Crippen LogP) is 5.78. The molecule has 0 spiro atoms. The number of carbonyl (C=O) groups excluding carboxylic acids is 3. The molecule has 41 heavy (non-hydrogen) atoms. The van der Waals surface area contributed by atoms with Gasteiger partial charge in [-0.1, -0.05) is 37.6 Å². The lowest BCUT2D eigenvalue weighted by Gasteiger charge is -2.62. The van der Waals surface area contributed by atoms with Gasteiger partial charge in [0.2, 0.25) is 5.78 Å². The van der Waals surface area contributed by atoms with Gasteiger partial charge in [-0.05, 0) is 69.2 Å². The van der Waals surface area contributed by atoms with Crippen LogP contribution >= 0.6 is 0 Å². The van der Waals surface area contributed by atoms with Crippen molar-refractivity contribution in [2.45, 2.75) is 91.5 Å². The maximum atomic E-state index is 17.5. The minimum atomic E-state index is -2.28. The van der Waals surface area contributed by atoms with Crippen LogP contribution in [0.1, 0.15) is 70.1 Å². The van der Waals surface area contributed by atoms with Gasteiger partial charge in [0.15, 0.2) is 23.7 Å². The van der Waals surface area contributed by atoms with Crippen LogP contribution in [0.3, 0.4) is 0 Å². The number of ketones is 2. The van der Waals surface area contributed by atoms with Crippen LogP contribution in [0.5, 0.6) is 5.75 Å². The topological polar surface area (TPSA) is 89.9 Å². The molecule has 0 amide bonds. The summed E-state index contributed by atoms with van der Waals surface area (Å²) in [7, 11) is 0. The molecule has 5 rings (SSSR count). The highest BCUT2D eigenvalue weighted by molar-refractivity contribution is 5.94. The summed E-state index contributed by atoms with van der Waals surface area (Å²) in [6.07, 6.45) is 0.662. The van der Waals surface area contributed by atoms with Crippen molar-refractivity contribution >= 4 is 17.5 Å². The molecule has 0 saturated heterocycles. The Labute approximate surface area is 240 Å². The molecule has 0 heterocycles. The van der Waals surface area contributed by atoms with Crippen molar-refractivity contribution in [3.05, 3.63) is 52.4 Å². The fourth-order valence-corrected chi connectivity index (χ4v) is 9.23. The van der Waals surface area contributed by atoms with Gasteiger partial charge < -0.3 is 14.6 Å². The van der Waals surface area contributed by atoms with E-state index in [0.717, 1.165) is 16.7 Å². The molecule has 4 aliphatic rings. The molecule has 8 atom stereocenters. The third-order valence-corrected chi connectivity index (χ3v) is 10.9. The van der Waals surface area contributed by atoms with Crippen molar-refractivity contribution < 1.29 is 37.7 Å². The highest BCUT2D eigenvalue weighted by Gasteiger charge is 2.77. The Hall–Kier alpha value is -2.87. The summed E-state index contributed by atoms with van der Waals surface area (Å²) in [5.41, 5.74) is -3.83. The van der Waals surface area contributed by atoms with Gasteiger partial charge in [0, 0.05) is 42.4 Å². The number of esters is 1. The van der Waals surface area contributed by atoms with E-state index >= 15 is 8.78 Å². The number of aliphatic hydroxyl groups is 1. The monoisotopic (exact) mass is 570 g/mol. The number of hydrogen-bond acceptors (Lipinski definition) is 6. The van der Waals surface area contributed by atoms with Crippen LogP contribution in [0.25, 0.3) is 0 Å². The molecule has 222 valence electrons. The van der Waals surface area contributed by atoms with Gasteiger partial charge in [-0.3, -0.25) is 14.4 Å². The molecule has 4 aliphatic carbocycles. The highest BCUT2D eigenvalue weighted by Crippen LogP contribution is 2.71. The van der Waals surface area contributed by atoms with Gasteiger partial charge in [0.05, 0.1) is 6.10 Å². The van der Waals surface area contributed by atoms with Crippen LogP contribution in [0, 0.1) is 49.4 Å². The zero-order valence-electron chi connectivity index (χ0n) is 24.9. The van der Waals surface area contributed by atoms with Crippen molar-refractivity contribution in [3.8, 4) is 5.75 Å². The Kier molecular flexibility index (Phi) is 6.92. The first-order valence-electron chi connectivity index (χ1n) is 14.4. The molecule has 0 aliphatic heterocycles. The molecular formula is C33H40F2O6. The van der Waals surface area contributed by atoms with E-state index in [4.69, 9.17) is 9.47 Å². The van der Waals surface area contributed by atoms with E-state index in [-0.39, 0.29) is 37.2 Å². The summed E-state index contributed by atoms with van der Waals surface area (Å²) >= 11 is 0. The number of rotatable bonds is 5. The summed E-state index contributed by atoms with van der Waals surface area (Å²) < 4.78 is 45.3. The zero-order valence-corrected chi connectivity index (χ0v) is 24.9. The number of carbonyl (C=O) groups is 3. The number of aliphatic hydroxyl groups excluding tert-OH is 1. The summed E-state index contributed by atoms with van der Waals surface area (Å²) in [6.45, 7) is 11.7. The summed E-state index contributed by atoms with van der Waals surface area (Å²) in [5, 5.41) is 11.7. The maximum Gasteiger partial charge on any atom is 0.303 e. The lowest BCUT2D eigenvalue weighted by atomic mass is 9.45. The van der Waals surface area contributed by atoms with Gasteiger partial charge >= 0.3 is 5.97 Å². The SMILES string of the molecule is CC(=O)O[C@]1(C(=O)COc2c(C)cc(C)cc2C)[C@@H](C)CC2C3CC(F)=C4CC(=O)C=C[C@]4(C)[C@@]3(F)[C@@H](O)C[C@@]21C. The van der Waals surface area contributed by atoms with E-state index in [2.05, 4.69) is 0 Å². The third kappa shape index (κ3) is 3.92. The molecule has 1 N–H and O–H groups in total.